The summed E-state index contributed by atoms with van der Waals surface area (Å²) in [5.41, 5.74) is 0. The Bertz CT molecular complexity index is 127. The van der Waals surface area contributed by atoms with Crippen molar-refractivity contribution in [3.05, 3.63) is 0 Å². The fraction of sp³-hybridized carbons (Fsp3) is 0.875. The fourth-order valence-electron chi connectivity index (χ4n) is 0.729. The third-order valence-corrected chi connectivity index (χ3v) is 1.45. The van der Waals surface area contributed by atoms with Crippen molar-refractivity contribution < 1.29 is 14.3 Å². The first-order valence-corrected chi connectivity index (χ1v) is 4.03. The van der Waals surface area contributed by atoms with Gasteiger partial charge in [0.05, 0.1) is 20.3 Å². The normalized spacial score (nSPS) is 10.3. The van der Waals surface area contributed by atoms with Crippen molar-refractivity contribution in [2.24, 2.45) is 0 Å². The Kier molecular flexibility index (Phi) is 6.70. The zero-order chi connectivity index (χ0) is 9.40. The Morgan fingerprint density at radius 2 is 2.17 bits per heavy atom. The molecule has 0 aliphatic heterocycles. The predicted octanol–water partition coefficient (Wildman–Crippen LogP) is 0.128. The van der Waals surface area contributed by atoms with Crippen LogP contribution in [0.3, 0.4) is 0 Å². The van der Waals surface area contributed by atoms with Gasteiger partial charge in [0.15, 0.2) is 0 Å². The van der Waals surface area contributed by atoms with Crippen molar-refractivity contribution in [1.82, 2.24) is 4.90 Å². The van der Waals surface area contributed by atoms with Crippen LogP contribution < -0.4 is 0 Å². The van der Waals surface area contributed by atoms with Crippen LogP contribution in [0.5, 0.6) is 0 Å². The average molecular weight is 175 g/mol. The topological polar surface area (TPSA) is 38.8 Å². The quantitative estimate of drug-likeness (QED) is 0.425. The lowest BCUT2D eigenvalue weighted by atomic mass is 10.5. The second-order valence-electron chi connectivity index (χ2n) is 2.51. The molecule has 0 amide bonds. The van der Waals surface area contributed by atoms with Gasteiger partial charge in [-0.25, -0.2) is 0 Å². The van der Waals surface area contributed by atoms with Crippen molar-refractivity contribution in [1.29, 1.82) is 0 Å². The highest BCUT2D eigenvalue weighted by molar-refractivity contribution is 5.71. The van der Waals surface area contributed by atoms with Crippen molar-refractivity contribution in [2.45, 2.75) is 6.92 Å². The molecule has 0 aromatic rings. The van der Waals surface area contributed by atoms with E-state index in [0.717, 1.165) is 6.54 Å². The van der Waals surface area contributed by atoms with E-state index in [-0.39, 0.29) is 5.97 Å². The lowest BCUT2D eigenvalue weighted by molar-refractivity contribution is -0.141. The summed E-state index contributed by atoms with van der Waals surface area (Å²) in [6.07, 6.45) is 0. The number of nitrogens with zero attached hydrogens (tertiary/aromatic N) is 1. The molecule has 0 aromatic heterocycles. The SMILES string of the molecule is CCOCCN(C)CC(=O)OC. The number of rotatable bonds is 6. The summed E-state index contributed by atoms with van der Waals surface area (Å²) >= 11 is 0. The highest BCUT2D eigenvalue weighted by Gasteiger charge is 2.04. The van der Waals surface area contributed by atoms with Gasteiger partial charge >= 0.3 is 5.97 Å². The summed E-state index contributed by atoms with van der Waals surface area (Å²) in [6, 6.07) is 0. The van der Waals surface area contributed by atoms with E-state index in [4.69, 9.17) is 4.74 Å². The Hall–Kier alpha value is -0.610. The summed E-state index contributed by atoms with van der Waals surface area (Å²) in [4.78, 5) is 12.6. The molecule has 0 fully saturated rings. The smallest absolute Gasteiger partial charge is 0.319 e. The molecule has 0 radical (unpaired) electrons. The van der Waals surface area contributed by atoms with Gasteiger partial charge in [0.1, 0.15) is 0 Å². The molecule has 0 heterocycles. The Labute approximate surface area is 73.4 Å². The summed E-state index contributed by atoms with van der Waals surface area (Å²) in [5, 5.41) is 0. The molecule has 0 aromatic carbocycles. The highest BCUT2D eigenvalue weighted by atomic mass is 16.5. The number of likely N-dealkylation sites (N-methyl/N-ethyl adjacent to an activating group) is 1. The highest BCUT2D eigenvalue weighted by Crippen LogP contribution is 1.85. The molecule has 72 valence electrons. The Morgan fingerprint density at radius 3 is 2.67 bits per heavy atom. The molecule has 0 unspecified atom stereocenters. The van der Waals surface area contributed by atoms with E-state index in [0.29, 0.717) is 19.8 Å². The molecule has 0 rings (SSSR count). The zero-order valence-electron chi connectivity index (χ0n) is 8.00. The number of carbonyl (C=O) groups excluding carboxylic acids is 1. The van der Waals surface area contributed by atoms with Crippen LogP contribution in [0.25, 0.3) is 0 Å². The van der Waals surface area contributed by atoms with Gasteiger partial charge in [-0.15, -0.1) is 0 Å². The largest absolute Gasteiger partial charge is 0.468 e. The van der Waals surface area contributed by atoms with Gasteiger partial charge < -0.3 is 9.47 Å². The molecule has 0 saturated carbocycles. The summed E-state index contributed by atoms with van der Waals surface area (Å²) in [6.45, 7) is 4.39. The molecule has 0 atom stereocenters. The van der Waals surface area contributed by atoms with Crippen LogP contribution in [0.2, 0.25) is 0 Å². The minimum Gasteiger partial charge on any atom is -0.468 e. The molecule has 0 aliphatic carbocycles. The van der Waals surface area contributed by atoms with E-state index < -0.39 is 0 Å². The van der Waals surface area contributed by atoms with Gasteiger partial charge in [-0.05, 0) is 14.0 Å². The van der Waals surface area contributed by atoms with E-state index >= 15 is 0 Å². The van der Waals surface area contributed by atoms with Crippen LogP contribution in [0, 0.1) is 0 Å². The zero-order valence-corrected chi connectivity index (χ0v) is 8.00. The van der Waals surface area contributed by atoms with Crippen molar-refractivity contribution in [3.8, 4) is 0 Å². The van der Waals surface area contributed by atoms with Gasteiger partial charge in [-0.2, -0.15) is 0 Å². The van der Waals surface area contributed by atoms with Crippen molar-refractivity contribution in [2.75, 3.05) is 40.5 Å². The molecule has 0 aliphatic rings. The predicted molar refractivity (Wildman–Crippen MR) is 46.0 cm³/mol. The number of ether oxygens (including phenoxy) is 2. The van der Waals surface area contributed by atoms with Crippen molar-refractivity contribution in [3.63, 3.8) is 0 Å². The number of esters is 1. The monoisotopic (exact) mass is 175 g/mol. The van der Waals surface area contributed by atoms with E-state index in [9.17, 15) is 4.79 Å². The number of carbonyl (C=O) groups is 1. The maximum absolute atomic E-state index is 10.8. The molecular weight excluding hydrogens is 158 g/mol. The Balaban J connectivity index is 3.32. The average Bonchev–Trinajstić information content (AvgIpc) is 2.05. The fourth-order valence-corrected chi connectivity index (χ4v) is 0.729. The van der Waals surface area contributed by atoms with Gasteiger partial charge in [0.25, 0.3) is 0 Å². The first-order chi connectivity index (χ1) is 5.70. The van der Waals surface area contributed by atoms with Gasteiger partial charge in [-0.1, -0.05) is 0 Å². The molecule has 0 saturated heterocycles. The molecule has 4 heteroatoms. The van der Waals surface area contributed by atoms with E-state index in [1.807, 2.05) is 18.9 Å². The lowest BCUT2D eigenvalue weighted by Crippen LogP contribution is -2.29. The molecule has 0 spiro atoms. The van der Waals surface area contributed by atoms with Crippen LogP contribution in [0.4, 0.5) is 0 Å². The summed E-state index contributed by atoms with van der Waals surface area (Å²) in [7, 11) is 3.24. The minimum absolute atomic E-state index is 0.214. The molecule has 12 heavy (non-hydrogen) atoms. The summed E-state index contributed by atoms with van der Waals surface area (Å²) < 4.78 is 9.63. The van der Waals surface area contributed by atoms with E-state index in [1.165, 1.54) is 7.11 Å². The Morgan fingerprint density at radius 1 is 1.50 bits per heavy atom. The van der Waals surface area contributed by atoms with Crippen molar-refractivity contribution >= 4 is 5.97 Å². The number of hydrogen-bond acceptors (Lipinski definition) is 4. The van der Waals surface area contributed by atoms with Crippen LogP contribution in [-0.2, 0) is 14.3 Å². The third kappa shape index (κ3) is 6.12. The maximum Gasteiger partial charge on any atom is 0.319 e. The molecule has 0 N–H and O–H groups in total. The third-order valence-electron chi connectivity index (χ3n) is 1.45. The van der Waals surface area contributed by atoms with Gasteiger partial charge in [0.2, 0.25) is 0 Å². The minimum atomic E-state index is -0.214. The number of hydrogen-bond donors (Lipinski definition) is 0. The maximum atomic E-state index is 10.8. The second-order valence-corrected chi connectivity index (χ2v) is 2.51. The number of methoxy groups -OCH3 is 1. The van der Waals surface area contributed by atoms with Crippen LogP contribution in [-0.4, -0.2) is 51.3 Å². The van der Waals surface area contributed by atoms with E-state index in [1.54, 1.807) is 0 Å². The standard InChI is InChI=1S/C8H17NO3/c1-4-12-6-5-9(2)7-8(10)11-3/h4-7H2,1-3H3. The molecular formula is C8H17NO3. The van der Waals surface area contributed by atoms with Gasteiger partial charge in [-0.3, -0.25) is 9.69 Å². The summed E-state index contributed by atoms with van der Waals surface area (Å²) in [5.74, 6) is -0.214. The van der Waals surface area contributed by atoms with Crippen LogP contribution in [0.15, 0.2) is 0 Å². The van der Waals surface area contributed by atoms with Crippen LogP contribution >= 0.6 is 0 Å². The second kappa shape index (κ2) is 7.06. The lowest BCUT2D eigenvalue weighted by Gasteiger charge is -2.14. The first kappa shape index (κ1) is 11.4. The van der Waals surface area contributed by atoms with Crippen LogP contribution in [0.1, 0.15) is 6.92 Å². The molecule has 0 bridgehead atoms. The van der Waals surface area contributed by atoms with E-state index in [2.05, 4.69) is 4.74 Å². The van der Waals surface area contributed by atoms with Gasteiger partial charge in [0, 0.05) is 13.2 Å². The molecule has 4 nitrogen and oxygen atoms in total. The first-order valence-electron chi connectivity index (χ1n) is 4.03.